The van der Waals surface area contributed by atoms with Crippen molar-refractivity contribution in [3.05, 3.63) is 70.5 Å². The van der Waals surface area contributed by atoms with Crippen LogP contribution in [0.2, 0.25) is 0 Å². The molecule has 0 N–H and O–H groups in total. The highest BCUT2D eigenvalue weighted by Crippen LogP contribution is 2.30. The second-order valence-corrected chi connectivity index (χ2v) is 9.68. The highest BCUT2D eigenvalue weighted by atomic mass is 32.2. The van der Waals surface area contributed by atoms with E-state index in [9.17, 15) is 17.6 Å². The van der Waals surface area contributed by atoms with E-state index in [1.54, 1.807) is 22.8 Å². The molecule has 1 aromatic heterocycles. The van der Waals surface area contributed by atoms with Crippen LogP contribution in [0.4, 0.5) is 4.39 Å². The molecular weight excluding hydrogens is 429 g/mol. The Morgan fingerprint density at radius 2 is 1.72 bits per heavy atom. The molecular formula is C24H30FN3O3S. The van der Waals surface area contributed by atoms with Crippen LogP contribution in [0, 0.1) is 5.82 Å². The summed E-state index contributed by atoms with van der Waals surface area (Å²) in [7, 11) is -3.94. The third-order valence-electron chi connectivity index (χ3n) is 5.52. The summed E-state index contributed by atoms with van der Waals surface area (Å²) in [5, 5.41) is 0.515. The Hall–Kier alpha value is -2.58. The molecule has 32 heavy (non-hydrogen) atoms. The van der Waals surface area contributed by atoms with E-state index in [0.717, 1.165) is 18.6 Å². The highest BCUT2D eigenvalue weighted by molar-refractivity contribution is 7.89. The smallest absolute Gasteiger partial charge is 0.261 e. The van der Waals surface area contributed by atoms with Gasteiger partial charge in [-0.25, -0.2) is 17.8 Å². The third-order valence-corrected chi connectivity index (χ3v) is 7.45. The number of sulfonamides is 1. The largest absolute Gasteiger partial charge is 0.295 e. The molecule has 0 radical (unpaired) electrons. The Morgan fingerprint density at radius 3 is 2.34 bits per heavy atom. The summed E-state index contributed by atoms with van der Waals surface area (Å²) < 4.78 is 43.7. The van der Waals surface area contributed by atoms with Crippen LogP contribution >= 0.6 is 0 Å². The monoisotopic (exact) mass is 459 g/mol. The quantitative estimate of drug-likeness (QED) is 0.433. The summed E-state index contributed by atoms with van der Waals surface area (Å²) in [5.41, 5.74) is 0.383. The van der Waals surface area contributed by atoms with Crippen molar-refractivity contribution in [1.82, 2.24) is 13.9 Å². The van der Waals surface area contributed by atoms with Gasteiger partial charge in [0, 0.05) is 13.1 Å². The van der Waals surface area contributed by atoms with E-state index >= 15 is 0 Å². The Bertz CT molecular complexity index is 1220. The molecule has 6 nitrogen and oxygen atoms in total. The van der Waals surface area contributed by atoms with E-state index in [1.807, 2.05) is 26.8 Å². The maximum atomic E-state index is 13.6. The van der Waals surface area contributed by atoms with E-state index in [-0.39, 0.29) is 17.0 Å². The number of halogens is 1. The minimum Gasteiger partial charge on any atom is -0.295 e. The topological polar surface area (TPSA) is 72.3 Å². The lowest BCUT2D eigenvalue weighted by atomic mass is 10.1. The number of nitrogens with zero attached hydrogens (tertiary/aromatic N) is 3. The second kappa shape index (κ2) is 10.4. The van der Waals surface area contributed by atoms with Gasteiger partial charge in [-0.1, -0.05) is 39.3 Å². The SMILES string of the molecule is CCCCN(C(CC)c1nc2ccccc2c(=O)n1CCC)S(=O)(=O)c1ccc(F)cc1. The van der Waals surface area contributed by atoms with Crippen molar-refractivity contribution in [1.29, 1.82) is 0 Å². The fourth-order valence-corrected chi connectivity index (χ4v) is 5.59. The zero-order valence-corrected chi connectivity index (χ0v) is 19.6. The Balaban J connectivity index is 2.22. The normalized spacial score (nSPS) is 13.0. The Labute approximate surface area is 188 Å². The molecule has 0 aliphatic carbocycles. The van der Waals surface area contributed by atoms with Crippen LogP contribution in [0.3, 0.4) is 0 Å². The molecule has 3 aromatic rings. The summed E-state index contributed by atoms with van der Waals surface area (Å²) in [6, 6.07) is 11.4. The lowest BCUT2D eigenvalue weighted by Crippen LogP contribution is -2.39. The molecule has 1 atom stereocenters. The van der Waals surface area contributed by atoms with Gasteiger partial charge in [0.1, 0.15) is 11.6 Å². The number of hydrogen-bond donors (Lipinski definition) is 0. The third kappa shape index (κ3) is 4.76. The molecule has 0 saturated carbocycles. The fourth-order valence-electron chi connectivity index (χ4n) is 3.89. The molecule has 2 aromatic carbocycles. The summed E-state index contributed by atoms with van der Waals surface area (Å²) >= 11 is 0. The molecule has 0 saturated heterocycles. The van der Waals surface area contributed by atoms with Crippen molar-refractivity contribution in [3.63, 3.8) is 0 Å². The van der Waals surface area contributed by atoms with Gasteiger partial charge in [-0.05, 0) is 55.7 Å². The molecule has 0 spiro atoms. The fraction of sp³-hybridized carbons (Fsp3) is 0.417. The molecule has 0 fully saturated rings. The Kier molecular flexibility index (Phi) is 7.79. The van der Waals surface area contributed by atoms with E-state index in [1.165, 1.54) is 16.4 Å². The summed E-state index contributed by atoms with van der Waals surface area (Å²) in [5.74, 6) is -0.0519. The molecule has 0 bridgehead atoms. The maximum Gasteiger partial charge on any atom is 0.261 e. The molecule has 172 valence electrons. The molecule has 0 aliphatic rings. The number of rotatable bonds is 10. The second-order valence-electron chi connectivity index (χ2n) is 7.79. The minimum atomic E-state index is -3.94. The molecule has 0 aliphatic heterocycles. The van der Waals surface area contributed by atoms with Crippen LogP contribution in [0.15, 0.2) is 58.2 Å². The number of aromatic nitrogens is 2. The molecule has 3 rings (SSSR count). The van der Waals surface area contributed by atoms with Crippen molar-refractivity contribution < 1.29 is 12.8 Å². The van der Waals surface area contributed by atoms with Gasteiger partial charge in [-0.15, -0.1) is 0 Å². The van der Waals surface area contributed by atoms with Gasteiger partial charge in [0.05, 0.1) is 21.8 Å². The predicted molar refractivity (Wildman–Crippen MR) is 125 cm³/mol. The van der Waals surface area contributed by atoms with Crippen LogP contribution in [0.5, 0.6) is 0 Å². The average Bonchev–Trinajstić information content (AvgIpc) is 2.79. The van der Waals surface area contributed by atoms with E-state index in [2.05, 4.69) is 0 Å². The van der Waals surface area contributed by atoms with E-state index < -0.39 is 21.9 Å². The first kappa shape index (κ1) is 24.1. The van der Waals surface area contributed by atoms with Gasteiger partial charge >= 0.3 is 0 Å². The summed E-state index contributed by atoms with van der Waals surface area (Å²) in [4.78, 5) is 18.1. The summed E-state index contributed by atoms with van der Waals surface area (Å²) in [6.07, 6.45) is 2.61. The van der Waals surface area contributed by atoms with Crippen LogP contribution < -0.4 is 5.56 Å². The first-order valence-corrected chi connectivity index (χ1v) is 12.6. The lowest BCUT2D eigenvalue weighted by molar-refractivity contribution is 0.290. The maximum absolute atomic E-state index is 13.6. The minimum absolute atomic E-state index is 0.0265. The van der Waals surface area contributed by atoms with Gasteiger partial charge in [0.2, 0.25) is 10.0 Å². The highest BCUT2D eigenvalue weighted by Gasteiger charge is 2.34. The first-order valence-electron chi connectivity index (χ1n) is 11.1. The molecule has 1 heterocycles. The van der Waals surface area contributed by atoms with Crippen LogP contribution in [-0.2, 0) is 16.6 Å². The zero-order chi connectivity index (χ0) is 23.3. The number of fused-ring (bicyclic) bond motifs is 1. The predicted octanol–water partition coefficient (Wildman–Crippen LogP) is 4.89. The molecule has 1 unspecified atom stereocenters. The van der Waals surface area contributed by atoms with Crippen molar-refractivity contribution in [2.45, 2.75) is 63.9 Å². The number of benzene rings is 2. The number of unbranched alkanes of at least 4 members (excludes halogenated alkanes) is 1. The van der Waals surface area contributed by atoms with E-state index in [0.29, 0.717) is 42.5 Å². The van der Waals surface area contributed by atoms with Gasteiger partial charge in [-0.3, -0.25) is 9.36 Å². The van der Waals surface area contributed by atoms with Gasteiger partial charge in [0.15, 0.2) is 0 Å². The molecule has 8 heteroatoms. The van der Waals surface area contributed by atoms with Crippen molar-refractivity contribution in [2.75, 3.05) is 6.54 Å². The lowest BCUT2D eigenvalue weighted by Gasteiger charge is -2.31. The average molecular weight is 460 g/mol. The molecule has 0 amide bonds. The van der Waals surface area contributed by atoms with Crippen LogP contribution in [0.1, 0.15) is 58.3 Å². The zero-order valence-electron chi connectivity index (χ0n) is 18.8. The van der Waals surface area contributed by atoms with Gasteiger partial charge < -0.3 is 0 Å². The van der Waals surface area contributed by atoms with Crippen LogP contribution in [-0.4, -0.2) is 28.8 Å². The van der Waals surface area contributed by atoms with E-state index in [4.69, 9.17) is 4.98 Å². The van der Waals surface area contributed by atoms with Crippen molar-refractivity contribution in [3.8, 4) is 0 Å². The Morgan fingerprint density at radius 1 is 1.03 bits per heavy atom. The number of hydrogen-bond acceptors (Lipinski definition) is 4. The van der Waals surface area contributed by atoms with Crippen molar-refractivity contribution >= 4 is 20.9 Å². The standard InChI is InChI=1S/C24H30FN3O3S/c1-4-7-17-28(32(30,31)19-14-12-18(25)13-15-19)22(6-3)23-26-21-11-9-8-10-20(21)24(29)27(23)16-5-2/h8-15,22H,4-7,16-17H2,1-3H3. The van der Waals surface area contributed by atoms with Gasteiger partial charge in [0.25, 0.3) is 5.56 Å². The van der Waals surface area contributed by atoms with Crippen LogP contribution in [0.25, 0.3) is 10.9 Å². The number of para-hydroxylation sites is 1. The first-order chi connectivity index (χ1) is 15.3. The van der Waals surface area contributed by atoms with Gasteiger partial charge in [-0.2, -0.15) is 4.31 Å². The summed E-state index contributed by atoms with van der Waals surface area (Å²) in [6.45, 7) is 6.58. The van der Waals surface area contributed by atoms with Crippen molar-refractivity contribution in [2.24, 2.45) is 0 Å².